The maximum absolute atomic E-state index is 14.4. The van der Waals surface area contributed by atoms with Gasteiger partial charge in [-0.15, -0.1) is 0 Å². The number of anilines is 2. The van der Waals surface area contributed by atoms with Crippen LogP contribution in [0, 0.1) is 11.6 Å². The minimum Gasteiger partial charge on any atom is -0.324 e. The summed E-state index contributed by atoms with van der Waals surface area (Å²) >= 11 is 0. The fourth-order valence-corrected chi connectivity index (χ4v) is 3.11. The van der Waals surface area contributed by atoms with Crippen LogP contribution in [0.5, 0.6) is 0 Å². The Balaban J connectivity index is 1.73. The smallest absolute Gasteiger partial charge is 0.261 e. The molecule has 2 amide bonds. The lowest BCUT2D eigenvalue weighted by Crippen LogP contribution is -2.16. The molecule has 0 aliphatic rings. The molecule has 31 heavy (non-hydrogen) atoms. The van der Waals surface area contributed by atoms with E-state index in [9.17, 15) is 18.4 Å². The van der Waals surface area contributed by atoms with Crippen LogP contribution in [0.1, 0.15) is 17.3 Å². The minimum absolute atomic E-state index is 0.0574. The zero-order chi connectivity index (χ0) is 22.0. The Bertz CT molecular complexity index is 1260. The van der Waals surface area contributed by atoms with Gasteiger partial charge in [0.2, 0.25) is 5.91 Å². The second kappa shape index (κ2) is 8.23. The van der Waals surface area contributed by atoms with Crippen LogP contribution in [0.3, 0.4) is 0 Å². The summed E-state index contributed by atoms with van der Waals surface area (Å²) in [5.41, 5.74) is 0.565. The van der Waals surface area contributed by atoms with Crippen molar-refractivity contribution in [1.29, 1.82) is 0 Å². The number of hydrogen-bond acceptors (Lipinski definition) is 3. The van der Waals surface area contributed by atoms with E-state index in [0.717, 1.165) is 6.07 Å². The van der Waals surface area contributed by atoms with Crippen LogP contribution in [0.15, 0.2) is 73.2 Å². The van der Waals surface area contributed by atoms with Gasteiger partial charge in [0, 0.05) is 25.0 Å². The van der Waals surface area contributed by atoms with Crippen molar-refractivity contribution in [2.45, 2.75) is 6.92 Å². The molecule has 0 fully saturated rings. The van der Waals surface area contributed by atoms with Gasteiger partial charge in [-0.1, -0.05) is 12.1 Å². The molecule has 0 aliphatic carbocycles. The molecule has 156 valence electrons. The van der Waals surface area contributed by atoms with Gasteiger partial charge in [0.1, 0.15) is 22.9 Å². The SMILES string of the molecule is CC(=O)Nc1cc(NC(=O)c2cnn(-c3ccccc3F)c2-n2cccc2)ccc1F. The van der Waals surface area contributed by atoms with E-state index in [1.54, 1.807) is 47.3 Å². The van der Waals surface area contributed by atoms with Crippen molar-refractivity contribution in [3.63, 3.8) is 0 Å². The van der Waals surface area contributed by atoms with Gasteiger partial charge < -0.3 is 15.2 Å². The largest absolute Gasteiger partial charge is 0.324 e. The molecular weight excluding hydrogens is 404 g/mol. The Morgan fingerprint density at radius 1 is 0.935 bits per heavy atom. The van der Waals surface area contributed by atoms with Gasteiger partial charge >= 0.3 is 0 Å². The predicted octanol–water partition coefficient (Wildman–Crippen LogP) is 4.15. The number of halogens is 2. The number of rotatable bonds is 5. The van der Waals surface area contributed by atoms with E-state index >= 15 is 0 Å². The van der Waals surface area contributed by atoms with Crippen molar-refractivity contribution < 1.29 is 18.4 Å². The van der Waals surface area contributed by atoms with Crippen molar-refractivity contribution in [1.82, 2.24) is 14.3 Å². The highest BCUT2D eigenvalue weighted by atomic mass is 19.1. The number of para-hydroxylation sites is 1. The number of benzene rings is 2. The third-order valence-corrected chi connectivity index (χ3v) is 4.45. The number of amides is 2. The van der Waals surface area contributed by atoms with E-state index in [2.05, 4.69) is 15.7 Å². The second-order valence-electron chi connectivity index (χ2n) is 6.67. The van der Waals surface area contributed by atoms with Crippen LogP contribution < -0.4 is 10.6 Å². The molecule has 0 spiro atoms. The van der Waals surface area contributed by atoms with Crippen molar-refractivity contribution in [2.75, 3.05) is 10.6 Å². The molecule has 2 aromatic heterocycles. The molecule has 0 bridgehead atoms. The lowest BCUT2D eigenvalue weighted by molar-refractivity contribution is -0.114. The molecule has 0 unspecified atom stereocenters. The third kappa shape index (κ3) is 4.06. The van der Waals surface area contributed by atoms with Crippen molar-refractivity contribution in [3.8, 4) is 11.5 Å². The second-order valence-corrected chi connectivity index (χ2v) is 6.67. The Morgan fingerprint density at radius 2 is 1.68 bits per heavy atom. The van der Waals surface area contributed by atoms with E-state index in [1.807, 2.05) is 0 Å². The minimum atomic E-state index is -0.631. The highest BCUT2D eigenvalue weighted by molar-refractivity contribution is 6.06. The van der Waals surface area contributed by atoms with Gasteiger partial charge in [-0.05, 0) is 42.5 Å². The standard InChI is InChI=1S/C22H17F2N5O2/c1-14(30)26-19-12-15(8-9-17(19)23)27-21(31)16-13-25-29(20-7-3-2-6-18(20)24)22(16)28-10-4-5-11-28/h2-13H,1H3,(H,26,30)(H,27,31). The summed E-state index contributed by atoms with van der Waals surface area (Å²) in [6, 6.07) is 13.4. The van der Waals surface area contributed by atoms with Gasteiger partial charge in [-0.2, -0.15) is 5.10 Å². The Hall–Kier alpha value is -4.27. The first-order valence-corrected chi connectivity index (χ1v) is 9.29. The van der Waals surface area contributed by atoms with Crippen LogP contribution in [-0.2, 0) is 4.79 Å². The molecule has 0 atom stereocenters. The number of aromatic nitrogens is 3. The van der Waals surface area contributed by atoms with Gasteiger partial charge in [0.25, 0.3) is 5.91 Å². The van der Waals surface area contributed by atoms with Gasteiger partial charge in [0.15, 0.2) is 5.82 Å². The molecule has 2 heterocycles. The zero-order valence-electron chi connectivity index (χ0n) is 16.3. The summed E-state index contributed by atoms with van der Waals surface area (Å²) in [7, 11) is 0. The zero-order valence-corrected chi connectivity index (χ0v) is 16.3. The van der Waals surface area contributed by atoms with Crippen molar-refractivity contribution in [3.05, 3.63) is 90.4 Å². The summed E-state index contributed by atoms with van der Waals surface area (Å²) in [4.78, 5) is 24.3. The lowest BCUT2D eigenvalue weighted by Gasteiger charge is -2.12. The van der Waals surface area contributed by atoms with Crippen LogP contribution in [0.4, 0.5) is 20.2 Å². The molecule has 4 aromatic rings. The van der Waals surface area contributed by atoms with Crippen LogP contribution >= 0.6 is 0 Å². The van der Waals surface area contributed by atoms with E-state index in [1.165, 1.54) is 36.0 Å². The Kier molecular flexibility index (Phi) is 5.31. The van der Waals surface area contributed by atoms with E-state index in [4.69, 9.17) is 0 Å². The maximum atomic E-state index is 14.4. The fourth-order valence-electron chi connectivity index (χ4n) is 3.11. The summed E-state index contributed by atoms with van der Waals surface area (Å²) in [6.45, 7) is 1.26. The molecule has 2 N–H and O–H groups in total. The average molecular weight is 421 g/mol. The fraction of sp³-hybridized carbons (Fsp3) is 0.0455. The maximum Gasteiger partial charge on any atom is 0.261 e. The first kappa shape index (κ1) is 20.0. The Morgan fingerprint density at radius 3 is 2.39 bits per heavy atom. The molecule has 9 heteroatoms. The van der Waals surface area contributed by atoms with Crippen molar-refractivity contribution >= 4 is 23.2 Å². The van der Waals surface area contributed by atoms with E-state index < -0.39 is 23.4 Å². The molecule has 2 aromatic carbocycles. The molecule has 0 saturated carbocycles. The number of nitrogens with zero attached hydrogens (tertiary/aromatic N) is 3. The Labute approximate surface area is 175 Å². The summed E-state index contributed by atoms with van der Waals surface area (Å²) < 4.78 is 31.3. The highest BCUT2D eigenvalue weighted by Crippen LogP contribution is 2.24. The van der Waals surface area contributed by atoms with Crippen molar-refractivity contribution in [2.24, 2.45) is 0 Å². The topological polar surface area (TPSA) is 81.0 Å². The molecule has 0 radical (unpaired) electrons. The monoisotopic (exact) mass is 421 g/mol. The number of carbonyl (C=O) groups excluding carboxylic acids is 2. The van der Waals surface area contributed by atoms with Crippen LogP contribution in [0.25, 0.3) is 11.5 Å². The summed E-state index contributed by atoms with van der Waals surface area (Å²) in [5.74, 6) is -1.77. The summed E-state index contributed by atoms with van der Waals surface area (Å²) in [6.07, 6.45) is 4.74. The number of hydrogen-bond donors (Lipinski definition) is 2. The predicted molar refractivity (Wildman–Crippen MR) is 112 cm³/mol. The first-order valence-electron chi connectivity index (χ1n) is 9.29. The normalized spacial score (nSPS) is 10.7. The van der Waals surface area contributed by atoms with Gasteiger partial charge in [-0.25, -0.2) is 13.5 Å². The molecular formula is C22H17F2N5O2. The van der Waals surface area contributed by atoms with Crippen LogP contribution in [0.2, 0.25) is 0 Å². The summed E-state index contributed by atoms with van der Waals surface area (Å²) in [5, 5.41) is 9.24. The third-order valence-electron chi connectivity index (χ3n) is 4.45. The average Bonchev–Trinajstić information content (AvgIpc) is 3.40. The quantitative estimate of drug-likeness (QED) is 0.508. The molecule has 7 nitrogen and oxygen atoms in total. The van der Waals surface area contributed by atoms with E-state index in [0.29, 0.717) is 5.82 Å². The molecule has 0 aliphatic heterocycles. The number of nitrogens with one attached hydrogen (secondary N) is 2. The van der Waals surface area contributed by atoms with Gasteiger partial charge in [0.05, 0.1) is 11.9 Å². The number of carbonyl (C=O) groups is 2. The van der Waals surface area contributed by atoms with Gasteiger partial charge in [-0.3, -0.25) is 9.59 Å². The molecule has 4 rings (SSSR count). The first-order chi connectivity index (χ1) is 14.9. The van der Waals surface area contributed by atoms with Crippen LogP contribution in [-0.4, -0.2) is 26.2 Å². The highest BCUT2D eigenvalue weighted by Gasteiger charge is 2.21. The lowest BCUT2D eigenvalue weighted by atomic mass is 10.2. The van der Waals surface area contributed by atoms with E-state index in [-0.39, 0.29) is 22.6 Å². The molecule has 0 saturated heterocycles.